The molecule has 3 rings (SSSR count). The van der Waals surface area contributed by atoms with Gasteiger partial charge in [0.1, 0.15) is 17.0 Å². The molecule has 1 N–H and O–H groups in total. The van der Waals surface area contributed by atoms with E-state index in [-0.39, 0.29) is 0 Å². The molecule has 4 nitrogen and oxygen atoms in total. The van der Waals surface area contributed by atoms with Crippen LogP contribution < -0.4 is 4.74 Å². The molecule has 0 aliphatic heterocycles. The number of methoxy groups -OCH3 is 1. The van der Waals surface area contributed by atoms with Gasteiger partial charge >= 0.3 is 0 Å². The number of rotatable bonds is 6. The molecular formula is C20H22N2O2. The number of benzene rings is 2. The van der Waals surface area contributed by atoms with Crippen LogP contribution in [0.1, 0.15) is 11.1 Å². The normalized spacial score (nSPS) is 11.1. The molecule has 0 atom stereocenters. The molecule has 0 bridgehead atoms. The molecule has 0 amide bonds. The predicted molar refractivity (Wildman–Crippen MR) is 96.4 cm³/mol. The van der Waals surface area contributed by atoms with E-state index in [2.05, 4.69) is 29.1 Å². The van der Waals surface area contributed by atoms with Gasteiger partial charge in [0.05, 0.1) is 7.11 Å². The molecule has 2 aromatic carbocycles. The highest BCUT2D eigenvalue weighted by Gasteiger charge is 2.09. The molecule has 0 saturated carbocycles. The van der Waals surface area contributed by atoms with E-state index < -0.39 is 0 Å². The summed E-state index contributed by atoms with van der Waals surface area (Å²) in [6, 6.07) is 15.6. The van der Waals surface area contributed by atoms with Crippen molar-refractivity contribution in [1.29, 1.82) is 0 Å². The summed E-state index contributed by atoms with van der Waals surface area (Å²) in [5.74, 6) is 1.12. The average Bonchev–Trinajstić information content (AvgIpc) is 2.61. The minimum Gasteiger partial charge on any atom is -0.508 e. The van der Waals surface area contributed by atoms with Crippen LogP contribution in [0.15, 0.2) is 54.7 Å². The van der Waals surface area contributed by atoms with Gasteiger partial charge in [0.2, 0.25) is 0 Å². The zero-order chi connectivity index (χ0) is 16.9. The van der Waals surface area contributed by atoms with Gasteiger partial charge in [0, 0.05) is 24.7 Å². The first-order chi connectivity index (χ1) is 11.7. The van der Waals surface area contributed by atoms with E-state index in [0.29, 0.717) is 5.75 Å². The van der Waals surface area contributed by atoms with Gasteiger partial charge in [0.15, 0.2) is 0 Å². The molecule has 3 aromatic rings. The summed E-state index contributed by atoms with van der Waals surface area (Å²) in [7, 11) is 3.79. The standard InChI is InChI=1S/C20H22N2O2/c1-22(13-11-15-5-8-17(23)9-6-15)14-16-7-10-19(24-2)20-18(16)4-3-12-21-20/h3-10,12,23H,11,13-14H2,1-2H3. The third-order valence-electron chi connectivity index (χ3n) is 4.20. The number of pyridine rings is 1. The predicted octanol–water partition coefficient (Wildman–Crippen LogP) is 3.62. The number of aromatic hydroxyl groups is 1. The van der Waals surface area contributed by atoms with E-state index in [9.17, 15) is 5.11 Å². The number of hydrogen-bond donors (Lipinski definition) is 1. The Morgan fingerprint density at radius 1 is 1.08 bits per heavy atom. The van der Waals surface area contributed by atoms with Crippen LogP contribution in [0.4, 0.5) is 0 Å². The van der Waals surface area contributed by atoms with Gasteiger partial charge in [0.25, 0.3) is 0 Å². The summed E-state index contributed by atoms with van der Waals surface area (Å²) in [5, 5.41) is 10.5. The second kappa shape index (κ2) is 7.32. The SMILES string of the molecule is COc1ccc(CN(C)CCc2ccc(O)cc2)c2cccnc12. The van der Waals surface area contributed by atoms with E-state index >= 15 is 0 Å². The lowest BCUT2D eigenvalue weighted by molar-refractivity contribution is 0.332. The van der Waals surface area contributed by atoms with Gasteiger partial charge in [-0.2, -0.15) is 0 Å². The van der Waals surface area contributed by atoms with Crippen LogP contribution in [-0.2, 0) is 13.0 Å². The monoisotopic (exact) mass is 322 g/mol. The summed E-state index contributed by atoms with van der Waals surface area (Å²) in [6.07, 6.45) is 2.74. The van der Waals surface area contributed by atoms with Crippen LogP contribution in [0, 0.1) is 0 Å². The third-order valence-corrected chi connectivity index (χ3v) is 4.20. The molecule has 24 heavy (non-hydrogen) atoms. The van der Waals surface area contributed by atoms with Gasteiger partial charge in [-0.15, -0.1) is 0 Å². The molecule has 0 spiro atoms. The summed E-state index contributed by atoms with van der Waals surface area (Å²) >= 11 is 0. The Kier molecular flexibility index (Phi) is 4.96. The van der Waals surface area contributed by atoms with Gasteiger partial charge < -0.3 is 14.7 Å². The van der Waals surface area contributed by atoms with E-state index in [1.807, 2.05) is 24.3 Å². The van der Waals surface area contributed by atoms with E-state index in [1.165, 1.54) is 11.1 Å². The number of fused-ring (bicyclic) bond motifs is 1. The molecule has 1 aromatic heterocycles. The van der Waals surface area contributed by atoms with Gasteiger partial charge in [-0.05, 0) is 48.9 Å². The van der Waals surface area contributed by atoms with Crippen LogP contribution in [0.3, 0.4) is 0 Å². The highest BCUT2D eigenvalue weighted by Crippen LogP contribution is 2.27. The van der Waals surface area contributed by atoms with E-state index in [1.54, 1.807) is 25.4 Å². The quantitative estimate of drug-likeness (QED) is 0.753. The molecule has 0 aliphatic rings. The van der Waals surface area contributed by atoms with E-state index in [0.717, 1.165) is 36.2 Å². The van der Waals surface area contributed by atoms with Crippen molar-refractivity contribution in [2.75, 3.05) is 20.7 Å². The summed E-state index contributed by atoms with van der Waals surface area (Å²) in [5.41, 5.74) is 3.37. The molecule has 0 radical (unpaired) electrons. The minimum atomic E-state index is 0.310. The fourth-order valence-electron chi connectivity index (χ4n) is 2.86. The summed E-state index contributed by atoms with van der Waals surface area (Å²) in [6.45, 7) is 1.79. The molecule has 1 heterocycles. The first-order valence-corrected chi connectivity index (χ1v) is 8.04. The molecule has 0 fully saturated rings. The van der Waals surface area contributed by atoms with Crippen molar-refractivity contribution in [3.63, 3.8) is 0 Å². The molecule has 4 heteroatoms. The molecule has 0 aliphatic carbocycles. The maximum Gasteiger partial charge on any atom is 0.145 e. The van der Waals surface area contributed by atoms with Crippen LogP contribution in [0.25, 0.3) is 10.9 Å². The highest BCUT2D eigenvalue weighted by molar-refractivity contribution is 5.87. The first-order valence-electron chi connectivity index (χ1n) is 8.04. The Morgan fingerprint density at radius 3 is 2.62 bits per heavy atom. The van der Waals surface area contributed by atoms with Crippen LogP contribution in [0.5, 0.6) is 11.5 Å². The zero-order valence-electron chi connectivity index (χ0n) is 14.1. The van der Waals surface area contributed by atoms with Crippen molar-refractivity contribution in [1.82, 2.24) is 9.88 Å². The Hall–Kier alpha value is -2.59. The lowest BCUT2D eigenvalue weighted by Crippen LogP contribution is -2.20. The summed E-state index contributed by atoms with van der Waals surface area (Å²) < 4.78 is 5.41. The Balaban J connectivity index is 1.71. The van der Waals surface area contributed by atoms with Gasteiger partial charge in [-0.1, -0.05) is 24.3 Å². The Labute approximate surface area is 142 Å². The average molecular weight is 322 g/mol. The number of hydrogen-bond acceptors (Lipinski definition) is 4. The number of phenolic OH excluding ortho intramolecular Hbond substituents is 1. The highest BCUT2D eigenvalue weighted by atomic mass is 16.5. The van der Waals surface area contributed by atoms with Gasteiger partial charge in [-0.25, -0.2) is 0 Å². The smallest absolute Gasteiger partial charge is 0.145 e. The van der Waals surface area contributed by atoms with Crippen molar-refractivity contribution >= 4 is 10.9 Å². The van der Waals surface area contributed by atoms with Crippen LogP contribution in [0.2, 0.25) is 0 Å². The van der Waals surface area contributed by atoms with Crippen molar-refractivity contribution in [3.8, 4) is 11.5 Å². The van der Waals surface area contributed by atoms with Crippen molar-refractivity contribution in [2.24, 2.45) is 0 Å². The van der Waals surface area contributed by atoms with Crippen molar-refractivity contribution in [3.05, 3.63) is 65.9 Å². The third kappa shape index (κ3) is 3.66. The van der Waals surface area contributed by atoms with Crippen molar-refractivity contribution in [2.45, 2.75) is 13.0 Å². The number of phenols is 1. The zero-order valence-corrected chi connectivity index (χ0v) is 14.1. The number of aromatic nitrogens is 1. The summed E-state index contributed by atoms with van der Waals surface area (Å²) in [4.78, 5) is 6.75. The van der Waals surface area contributed by atoms with Crippen LogP contribution >= 0.6 is 0 Å². The second-order valence-electron chi connectivity index (χ2n) is 5.98. The maximum absolute atomic E-state index is 9.35. The van der Waals surface area contributed by atoms with Gasteiger partial charge in [-0.3, -0.25) is 4.98 Å². The first kappa shape index (κ1) is 16.3. The lowest BCUT2D eigenvalue weighted by atomic mass is 10.1. The Bertz CT molecular complexity index is 815. The lowest BCUT2D eigenvalue weighted by Gasteiger charge is -2.18. The topological polar surface area (TPSA) is 45.6 Å². The fourth-order valence-corrected chi connectivity index (χ4v) is 2.86. The molecule has 124 valence electrons. The van der Waals surface area contributed by atoms with E-state index in [4.69, 9.17) is 4.74 Å². The molecule has 0 unspecified atom stereocenters. The maximum atomic E-state index is 9.35. The fraction of sp³-hybridized carbons (Fsp3) is 0.250. The minimum absolute atomic E-state index is 0.310. The number of likely N-dealkylation sites (N-methyl/N-ethyl adjacent to an activating group) is 1. The molecule has 0 saturated heterocycles. The van der Waals surface area contributed by atoms with Crippen LogP contribution in [-0.4, -0.2) is 35.7 Å². The van der Waals surface area contributed by atoms with Crippen molar-refractivity contribution < 1.29 is 9.84 Å². The second-order valence-corrected chi connectivity index (χ2v) is 5.98. The number of ether oxygens (including phenoxy) is 1. The molecular weight excluding hydrogens is 300 g/mol. The Morgan fingerprint density at radius 2 is 1.88 bits per heavy atom. The largest absolute Gasteiger partial charge is 0.508 e. The number of nitrogens with zero attached hydrogens (tertiary/aromatic N) is 2.